The first-order valence-electron chi connectivity index (χ1n) is 9.22. The summed E-state index contributed by atoms with van der Waals surface area (Å²) in [6.45, 7) is 3.31. The second-order valence-corrected chi connectivity index (χ2v) is 6.27. The Morgan fingerprint density at radius 1 is 1.20 bits per heavy atom. The lowest BCUT2D eigenvalue weighted by atomic mass is 10.1. The van der Waals surface area contributed by atoms with E-state index in [1.54, 1.807) is 18.2 Å². The van der Waals surface area contributed by atoms with Gasteiger partial charge in [0.1, 0.15) is 5.56 Å². The zero-order valence-electron chi connectivity index (χ0n) is 16.9. The van der Waals surface area contributed by atoms with Crippen LogP contribution in [-0.2, 0) is 6.54 Å². The van der Waals surface area contributed by atoms with E-state index in [-0.39, 0.29) is 11.3 Å². The van der Waals surface area contributed by atoms with Crippen molar-refractivity contribution in [2.75, 3.05) is 25.5 Å². The predicted octanol–water partition coefficient (Wildman–Crippen LogP) is 4.30. The third kappa shape index (κ3) is 5.86. The van der Waals surface area contributed by atoms with E-state index in [0.717, 1.165) is 30.8 Å². The predicted molar refractivity (Wildman–Crippen MR) is 107 cm³/mol. The van der Waals surface area contributed by atoms with Crippen LogP contribution in [0.2, 0.25) is 0 Å². The molecule has 0 heterocycles. The van der Waals surface area contributed by atoms with Crippen LogP contribution in [0.4, 0.5) is 20.2 Å². The maximum Gasteiger partial charge on any atom is 0.387 e. The van der Waals surface area contributed by atoms with Gasteiger partial charge in [0.25, 0.3) is 11.6 Å². The molecule has 2 rings (SSSR count). The third-order valence-electron chi connectivity index (χ3n) is 4.42. The van der Waals surface area contributed by atoms with E-state index >= 15 is 0 Å². The van der Waals surface area contributed by atoms with Crippen LogP contribution in [0.5, 0.6) is 11.5 Å². The van der Waals surface area contributed by atoms with E-state index in [9.17, 15) is 23.7 Å². The number of nitro benzene ring substituents is 1. The van der Waals surface area contributed by atoms with Gasteiger partial charge in [0.05, 0.1) is 18.1 Å². The minimum atomic E-state index is -3.20. The van der Waals surface area contributed by atoms with Gasteiger partial charge in [-0.15, -0.1) is 0 Å². The summed E-state index contributed by atoms with van der Waals surface area (Å²) < 4.78 is 34.3. The van der Waals surface area contributed by atoms with Gasteiger partial charge in [0, 0.05) is 18.3 Å². The fraction of sp³-hybridized carbons (Fsp3) is 0.350. The van der Waals surface area contributed by atoms with Crippen molar-refractivity contribution >= 4 is 17.3 Å². The quantitative estimate of drug-likeness (QED) is 0.452. The van der Waals surface area contributed by atoms with E-state index in [4.69, 9.17) is 4.74 Å². The molecule has 162 valence electrons. The molecule has 1 amide bonds. The molecule has 30 heavy (non-hydrogen) atoms. The average molecular weight is 423 g/mol. The van der Waals surface area contributed by atoms with Gasteiger partial charge in [-0.1, -0.05) is 26.0 Å². The second kappa shape index (κ2) is 10.5. The number of methoxy groups -OCH3 is 1. The zero-order chi connectivity index (χ0) is 22.3. The van der Waals surface area contributed by atoms with Crippen LogP contribution in [0.25, 0.3) is 0 Å². The van der Waals surface area contributed by atoms with Crippen LogP contribution in [0.3, 0.4) is 0 Å². The lowest BCUT2D eigenvalue weighted by molar-refractivity contribution is -0.385. The van der Waals surface area contributed by atoms with Crippen molar-refractivity contribution in [2.45, 2.75) is 27.0 Å². The molecule has 0 aliphatic heterocycles. The van der Waals surface area contributed by atoms with Crippen molar-refractivity contribution in [3.63, 3.8) is 0 Å². The molecule has 2 aromatic rings. The maximum atomic E-state index is 12.7. The molecule has 0 spiro atoms. The minimum absolute atomic E-state index is 0.221. The van der Waals surface area contributed by atoms with Crippen LogP contribution >= 0.6 is 0 Å². The Labute approximate surface area is 172 Å². The second-order valence-electron chi connectivity index (χ2n) is 6.27. The molecule has 2 aromatic carbocycles. The molecule has 0 aromatic heterocycles. The Morgan fingerprint density at radius 2 is 1.90 bits per heavy atom. The number of halogens is 2. The molecule has 1 N–H and O–H groups in total. The van der Waals surface area contributed by atoms with Gasteiger partial charge >= 0.3 is 6.61 Å². The number of benzene rings is 2. The first-order valence-corrected chi connectivity index (χ1v) is 9.22. The van der Waals surface area contributed by atoms with Crippen molar-refractivity contribution in [2.24, 2.45) is 0 Å². The largest absolute Gasteiger partial charge is 0.493 e. The number of carbonyl (C=O) groups is 1. The topological polar surface area (TPSA) is 93.9 Å². The highest BCUT2D eigenvalue weighted by Gasteiger charge is 2.26. The van der Waals surface area contributed by atoms with Crippen LogP contribution in [0.1, 0.15) is 29.8 Å². The van der Waals surface area contributed by atoms with E-state index in [1.165, 1.54) is 7.11 Å². The fourth-order valence-electron chi connectivity index (χ4n) is 2.88. The number of carbonyl (C=O) groups excluding carboxylic acids is 1. The lowest BCUT2D eigenvalue weighted by Gasteiger charge is -2.18. The van der Waals surface area contributed by atoms with Crippen molar-refractivity contribution in [1.82, 2.24) is 4.90 Å². The standard InChI is InChI=1S/C20H23F2N3O5/c1-4-24(5-2)12-13-7-6-8-14(9-13)23-19(26)15-10-17(29-3)18(30-20(21)22)11-16(15)25(27)28/h6-11,20H,4-5,12H2,1-3H3,(H,23,26). The number of hydrogen-bond acceptors (Lipinski definition) is 6. The highest BCUT2D eigenvalue weighted by Crippen LogP contribution is 2.36. The highest BCUT2D eigenvalue weighted by atomic mass is 19.3. The van der Waals surface area contributed by atoms with Crippen molar-refractivity contribution in [1.29, 1.82) is 0 Å². The summed E-state index contributed by atoms with van der Waals surface area (Å²) in [4.78, 5) is 25.5. The number of hydrogen-bond donors (Lipinski definition) is 1. The summed E-state index contributed by atoms with van der Waals surface area (Å²) >= 11 is 0. The van der Waals surface area contributed by atoms with Gasteiger partial charge in [-0.3, -0.25) is 19.8 Å². The molecule has 0 fully saturated rings. The number of rotatable bonds is 10. The first kappa shape index (κ1) is 23.0. The van der Waals surface area contributed by atoms with E-state index in [2.05, 4.69) is 15.0 Å². The Morgan fingerprint density at radius 3 is 2.47 bits per heavy atom. The molecule has 0 aliphatic rings. The highest BCUT2D eigenvalue weighted by molar-refractivity contribution is 6.07. The molecule has 0 saturated heterocycles. The zero-order valence-corrected chi connectivity index (χ0v) is 16.9. The summed E-state index contributed by atoms with van der Waals surface area (Å²) in [5, 5.41) is 14.0. The summed E-state index contributed by atoms with van der Waals surface area (Å²) in [5.41, 5.74) is 0.394. The van der Waals surface area contributed by atoms with Crippen LogP contribution in [0, 0.1) is 10.1 Å². The van der Waals surface area contributed by atoms with Gasteiger partial charge in [0.15, 0.2) is 11.5 Å². The number of nitrogens with zero attached hydrogens (tertiary/aromatic N) is 2. The third-order valence-corrected chi connectivity index (χ3v) is 4.42. The number of ether oxygens (including phenoxy) is 2. The molecule has 0 radical (unpaired) electrons. The van der Waals surface area contributed by atoms with E-state index < -0.39 is 28.9 Å². The summed E-state index contributed by atoms with van der Waals surface area (Å²) in [5.74, 6) is -1.53. The normalized spacial score (nSPS) is 10.9. The fourth-order valence-corrected chi connectivity index (χ4v) is 2.88. The number of alkyl halides is 2. The van der Waals surface area contributed by atoms with Crippen molar-refractivity contribution in [3.8, 4) is 11.5 Å². The molecular formula is C20H23F2N3O5. The SMILES string of the molecule is CCN(CC)Cc1cccc(NC(=O)c2cc(OC)c(OC(F)F)cc2[N+](=O)[O-])c1. The van der Waals surface area contributed by atoms with Crippen LogP contribution < -0.4 is 14.8 Å². The summed E-state index contributed by atoms with van der Waals surface area (Å²) in [6, 6.07) is 8.86. The molecule has 0 unspecified atom stereocenters. The first-order chi connectivity index (χ1) is 14.3. The smallest absolute Gasteiger partial charge is 0.387 e. The Kier molecular flexibility index (Phi) is 8.05. The molecular weight excluding hydrogens is 400 g/mol. The maximum absolute atomic E-state index is 12.7. The van der Waals surface area contributed by atoms with Crippen molar-refractivity contribution in [3.05, 3.63) is 57.6 Å². The Hall–Kier alpha value is -3.27. The van der Waals surface area contributed by atoms with Crippen LogP contribution in [-0.4, -0.2) is 42.5 Å². The average Bonchev–Trinajstić information content (AvgIpc) is 2.71. The minimum Gasteiger partial charge on any atom is -0.493 e. The van der Waals surface area contributed by atoms with Gasteiger partial charge in [-0.05, 0) is 30.8 Å². The Balaban J connectivity index is 2.33. The molecule has 0 atom stereocenters. The number of anilines is 1. The van der Waals surface area contributed by atoms with E-state index in [1.807, 2.05) is 19.9 Å². The van der Waals surface area contributed by atoms with Gasteiger partial charge in [-0.25, -0.2) is 0 Å². The van der Waals surface area contributed by atoms with Crippen molar-refractivity contribution < 1.29 is 28.0 Å². The lowest BCUT2D eigenvalue weighted by Crippen LogP contribution is -2.22. The number of nitrogens with one attached hydrogen (secondary N) is 1. The van der Waals surface area contributed by atoms with Crippen LogP contribution in [0.15, 0.2) is 36.4 Å². The molecule has 0 bridgehead atoms. The molecule has 10 heteroatoms. The molecule has 0 saturated carbocycles. The number of amides is 1. The summed E-state index contributed by atoms with van der Waals surface area (Å²) in [7, 11) is 1.18. The monoisotopic (exact) mass is 423 g/mol. The number of nitro groups is 1. The van der Waals surface area contributed by atoms with Gasteiger partial charge in [-0.2, -0.15) is 8.78 Å². The van der Waals surface area contributed by atoms with Gasteiger partial charge in [0.2, 0.25) is 0 Å². The van der Waals surface area contributed by atoms with Gasteiger partial charge < -0.3 is 14.8 Å². The Bertz CT molecular complexity index is 904. The molecule has 8 nitrogen and oxygen atoms in total. The summed E-state index contributed by atoms with van der Waals surface area (Å²) in [6.07, 6.45) is 0. The van der Waals surface area contributed by atoms with E-state index in [0.29, 0.717) is 12.2 Å². The molecule has 0 aliphatic carbocycles.